The molecule has 0 unspecified atom stereocenters. The molecule has 12 heteroatoms. The van der Waals surface area contributed by atoms with Gasteiger partial charge in [-0.25, -0.2) is 5.43 Å². The van der Waals surface area contributed by atoms with Gasteiger partial charge in [-0.2, -0.15) is 20.1 Å². The Hall–Kier alpha value is -4.32. The number of aromatic hydroxyl groups is 1. The first-order valence-electron chi connectivity index (χ1n) is 10.6. The summed E-state index contributed by atoms with van der Waals surface area (Å²) in [5, 5.41) is 28.3. The van der Waals surface area contributed by atoms with Gasteiger partial charge in [-0.15, -0.1) is 0 Å². The van der Waals surface area contributed by atoms with Crippen LogP contribution < -0.4 is 15.6 Å². The van der Waals surface area contributed by atoms with Gasteiger partial charge in [0.1, 0.15) is 5.75 Å². The smallest absolute Gasteiger partial charge is 0.270 e. The number of nitro groups is 1. The number of phenols is 1. The number of hydrazone groups is 1. The Kier molecular flexibility index (Phi) is 6.78. The largest absolute Gasteiger partial charge is 0.507 e. The van der Waals surface area contributed by atoms with Crippen molar-refractivity contribution in [1.29, 1.82) is 0 Å². The van der Waals surface area contributed by atoms with Gasteiger partial charge in [0.15, 0.2) is 0 Å². The summed E-state index contributed by atoms with van der Waals surface area (Å²) in [4.78, 5) is 25.9. The molecule has 0 aliphatic carbocycles. The van der Waals surface area contributed by atoms with E-state index < -0.39 is 4.92 Å². The summed E-state index contributed by atoms with van der Waals surface area (Å²) in [6, 6.07) is 9.72. The Labute approximate surface area is 195 Å². The lowest BCUT2D eigenvalue weighted by molar-refractivity contribution is -0.384. The molecule has 0 bridgehead atoms. The normalized spacial score (nSPS) is 13.8. The fourth-order valence-corrected chi connectivity index (χ4v) is 3.28. The molecule has 3 N–H and O–H groups in total. The minimum atomic E-state index is -0.546. The van der Waals surface area contributed by atoms with E-state index in [1.54, 1.807) is 0 Å². The van der Waals surface area contributed by atoms with Crippen molar-refractivity contribution < 1.29 is 14.8 Å². The van der Waals surface area contributed by atoms with Gasteiger partial charge in [-0.05, 0) is 37.1 Å². The van der Waals surface area contributed by atoms with Crippen molar-refractivity contribution in [2.75, 3.05) is 41.9 Å². The van der Waals surface area contributed by atoms with E-state index in [9.17, 15) is 15.2 Å². The Morgan fingerprint density at radius 3 is 2.65 bits per heavy atom. The Bertz CT molecular complexity index is 1230. The monoisotopic (exact) mass is 464 g/mol. The molecule has 4 rings (SSSR count). The maximum Gasteiger partial charge on any atom is 0.270 e. The first-order chi connectivity index (χ1) is 16.4. The summed E-state index contributed by atoms with van der Waals surface area (Å²) in [7, 11) is 0. The molecule has 1 aliphatic rings. The lowest BCUT2D eigenvalue weighted by Crippen LogP contribution is -2.37. The number of morpholine rings is 1. The molecule has 2 aromatic carbocycles. The van der Waals surface area contributed by atoms with Gasteiger partial charge in [0.2, 0.25) is 17.8 Å². The van der Waals surface area contributed by atoms with Crippen LogP contribution in [0.25, 0.3) is 0 Å². The topological polar surface area (TPSA) is 151 Å². The fraction of sp³-hybridized carbons (Fsp3) is 0.273. The summed E-state index contributed by atoms with van der Waals surface area (Å²) in [5.41, 5.74) is 5.75. The second-order valence-electron chi connectivity index (χ2n) is 7.70. The molecule has 3 aromatic rings. The maximum absolute atomic E-state index is 11.0. The molecule has 176 valence electrons. The van der Waals surface area contributed by atoms with Crippen LogP contribution >= 0.6 is 0 Å². The Morgan fingerprint density at radius 2 is 1.88 bits per heavy atom. The van der Waals surface area contributed by atoms with Crippen molar-refractivity contribution in [1.82, 2.24) is 15.0 Å². The van der Waals surface area contributed by atoms with Gasteiger partial charge in [0.25, 0.3) is 5.69 Å². The maximum atomic E-state index is 11.0. The number of non-ortho nitro benzene ring substituents is 1. The summed E-state index contributed by atoms with van der Waals surface area (Å²) in [6.07, 6.45) is 1.26. The van der Waals surface area contributed by atoms with E-state index >= 15 is 0 Å². The van der Waals surface area contributed by atoms with Crippen LogP contribution in [0.15, 0.2) is 41.5 Å². The van der Waals surface area contributed by atoms with Crippen LogP contribution in [0, 0.1) is 24.0 Å². The van der Waals surface area contributed by atoms with Gasteiger partial charge in [-0.1, -0.05) is 12.1 Å². The van der Waals surface area contributed by atoms with E-state index in [2.05, 4.69) is 30.8 Å². The fourth-order valence-electron chi connectivity index (χ4n) is 3.28. The number of nitrogens with one attached hydrogen (secondary N) is 2. The van der Waals surface area contributed by atoms with Crippen molar-refractivity contribution in [3.8, 4) is 5.75 Å². The number of rotatable bonds is 7. The predicted octanol–water partition coefficient (Wildman–Crippen LogP) is 3.13. The number of hydrogen-bond acceptors (Lipinski definition) is 11. The lowest BCUT2D eigenvalue weighted by Gasteiger charge is -2.27. The average Bonchev–Trinajstić information content (AvgIpc) is 2.83. The Morgan fingerprint density at radius 1 is 1.12 bits per heavy atom. The zero-order valence-corrected chi connectivity index (χ0v) is 18.7. The van der Waals surface area contributed by atoms with Gasteiger partial charge in [0, 0.05) is 36.5 Å². The molecule has 0 radical (unpaired) electrons. The number of benzene rings is 2. The van der Waals surface area contributed by atoms with Crippen molar-refractivity contribution >= 4 is 35.4 Å². The number of hydrogen-bond donors (Lipinski definition) is 3. The molecule has 0 spiro atoms. The number of nitrogens with zero attached hydrogens (tertiary/aromatic N) is 6. The highest BCUT2D eigenvalue weighted by Gasteiger charge is 2.17. The molecular formula is C22H24N8O4. The third-order valence-electron chi connectivity index (χ3n) is 5.15. The van der Waals surface area contributed by atoms with Crippen LogP contribution in [-0.2, 0) is 4.74 Å². The average molecular weight is 464 g/mol. The molecule has 34 heavy (non-hydrogen) atoms. The highest BCUT2D eigenvalue weighted by atomic mass is 16.6. The second kappa shape index (κ2) is 10.1. The molecule has 1 saturated heterocycles. The van der Waals surface area contributed by atoms with Crippen molar-refractivity contribution in [2.24, 2.45) is 5.10 Å². The summed E-state index contributed by atoms with van der Waals surface area (Å²) in [5.74, 6) is 0.826. The van der Waals surface area contributed by atoms with E-state index in [0.717, 1.165) is 16.8 Å². The number of aromatic nitrogens is 3. The highest BCUT2D eigenvalue weighted by Crippen LogP contribution is 2.23. The molecular weight excluding hydrogens is 440 g/mol. The van der Waals surface area contributed by atoms with Gasteiger partial charge < -0.3 is 20.1 Å². The van der Waals surface area contributed by atoms with Crippen LogP contribution in [-0.4, -0.2) is 57.5 Å². The van der Waals surface area contributed by atoms with E-state index in [-0.39, 0.29) is 22.9 Å². The summed E-state index contributed by atoms with van der Waals surface area (Å²) in [6.45, 7) is 6.40. The molecule has 0 atom stereocenters. The van der Waals surface area contributed by atoms with Crippen LogP contribution in [0.3, 0.4) is 0 Å². The zero-order chi connectivity index (χ0) is 24.1. The molecule has 1 fully saturated rings. The molecule has 2 heterocycles. The van der Waals surface area contributed by atoms with Gasteiger partial charge in [0.05, 0.1) is 24.4 Å². The van der Waals surface area contributed by atoms with Crippen LogP contribution in [0.5, 0.6) is 5.75 Å². The first-order valence-corrected chi connectivity index (χ1v) is 10.6. The van der Waals surface area contributed by atoms with Gasteiger partial charge in [-0.3, -0.25) is 10.1 Å². The SMILES string of the molecule is Cc1ccc(C)c(Nc2nc(N/N=C\c3cc([N+](=O)[O-])ccc3O)nc(N3CCOCC3)n2)c1. The lowest BCUT2D eigenvalue weighted by atomic mass is 10.1. The van der Waals surface area contributed by atoms with E-state index in [1.807, 2.05) is 36.9 Å². The standard InChI is InChI=1S/C22H24N8O4/c1-14-3-4-15(2)18(11-14)24-20-25-21(27-22(26-20)29-7-9-34-10-8-29)28-23-13-16-12-17(30(32)33)5-6-19(16)31/h3-6,11-13,31H,7-10H2,1-2H3,(H2,24,25,26,27,28)/b23-13-. The minimum absolute atomic E-state index is 0.141. The quantitative estimate of drug-likeness (QED) is 0.270. The van der Waals surface area contributed by atoms with Gasteiger partial charge >= 0.3 is 0 Å². The van der Waals surface area contributed by atoms with Crippen LogP contribution in [0.1, 0.15) is 16.7 Å². The molecule has 12 nitrogen and oxygen atoms in total. The molecule has 1 aromatic heterocycles. The van der Waals surface area contributed by atoms with E-state index in [1.165, 1.54) is 24.4 Å². The Balaban J connectivity index is 1.61. The third-order valence-corrected chi connectivity index (χ3v) is 5.15. The van der Waals surface area contributed by atoms with Crippen molar-refractivity contribution in [2.45, 2.75) is 13.8 Å². The first kappa shape index (κ1) is 22.9. The van der Waals surface area contributed by atoms with Crippen LogP contribution in [0.4, 0.5) is 29.2 Å². The number of ether oxygens (including phenoxy) is 1. The number of nitro benzene ring substituents is 1. The molecule has 0 amide bonds. The zero-order valence-electron chi connectivity index (χ0n) is 18.7. The van der Waals surface area contributed by atoms with Crippen LogP contribution in [0.2, 0.25) is 0 Å². The van der Waals surface area contributed by atoms with Crippen molar-refractivity contribution in [3.63, 3.8) is 0 Å². The number of anilines is 4. The third kappa shape index (κ3) is 5.53. The van der Waals surface area contributed by atoms with E-state index in [4.69, 9.17) is 4.74 Å². The summed E-state index contributed by atoms with van der Waals surface area (Å²) >= 11 is 0. The molecule has 0 saturated carbocycles. The predicted molar refractivity (Wildman–Crippen MR) is 128 cm³/mol. The number of phenolic OH excluding ortho intramolecular Hbond substituents is 1. The number of aryl methyl sites for hydroxylation is 2. The minimum Gasteiger partial charge on any atom is -0.507 e. The second-order valence-corrected chi connectivity index (χ2v) is 7.70. The van der Waals surface area contributed by atoms with Crippen molar-refractivity contribution in [3.05, 3.63) is 63.2 Å². The molecule has 1 aliphatic heterocycles. The highest BCUT2D eigenvalue weighted by molar-refractivity contribution is 5.84. The summed E-state index contributed by atoms with van der Waals surface area (Å²) < 4.78 is 5.42. The van der Waals surface area contributed by atoms with E-state index in [0.29, 0.717) is 38.2 Å².